The standard InChI is InChI=1S/C15H18N6O3/c1-10(18-15(23)21-8-2-5-17-12(22)9-21)14-19-13(20-24-14)11-3-6-16-7-4-11/h3-4,6-7,10H,2,5,8-9H2,1H3,(H,17,22)(H,18,23). The minimum absolute atomic E-state index is 0.0463. The molecule has 9 nitrogen and oxygen atoms in total. The van der Waals surface area contributed by atoms with E-state index >= 15 is 0 Å². The van der Waals surface area contributed by atoms with Crippen LogP contribution in [-0.4, -0.2) is 51.6 Å². The van der Waals surface area contributed by atoms with Crippen LogP contribution < -0.4 is 10.6 Å². The van der Waals surface area contributed by atoms with E-state index in [0.717, 1.165) is 12.0 Å². The van der Waals surface area contributed by atoms with Gasteiger partial charge in [0.2, 0.25) is 17.6 Å². The van der Waals surface area contributed by atoms with Gasteiger partial charge in [-0.2, -0.15) is 4.98 Å². The van der Waals surface area contributed by atoms with Crippen LogP contribution in [0.25, 0.3) is 11.4 Å². The van der Waals surface area contributed by atoms with Crippen LogP contribution in [0.15, 0.2) is 29.0 Å². The van der Waals surface area contributed by atoms with Crippen molar-refractivity contribution in [2.75, 3.05) is 19.6 Å². The molecule has 2 N–H and O–H groups in total. The molecule has 0 aliphatic carbocycles. The topological polar surface area (TPSA) is 113 Å². The summed E-state index contributed by atoms with van der Waals surface area (Å²) in [5, 5.41) is 9.42. The Labute approximate surface area is 138 Å². The summed E-state index contributed by atoms with van der Waals surface area (Å²) in [6, 6.07) is 2.75. The molecule has 0 spiro atoms. The molecule has 0 bridgehead atoms. The van der Waals surface area contributed by atoms with Gasteiger partial charge in [0.25, 0.3) is 0 Å². The van der Waals surface area contributed by atoms with Crippen molar-refractivity contribution in [2.45, 2.75) is 19.4 Å². The normalized spacial score (nSPS) is 16.2. The minimum Gasteiger partial charge on any atom is -0.354 e. The average Bonchev–Trinajstić information content (AvgIpc) is 2.98. The van der Waals surface area contributed by atoms with Crippen LogP contribution >= 0.6 is 0 Å². The molecule has 1 saturated heterocycles. The van der Waals surface area contributed by atoms with Crippen LogP contribution in [0, 0.1) is 0 Å². The van der Waals surface area contributed by atoms with Crippen LogP contribution in [0.5, 0.6) is 0 Å². The number of hydrogen-bond donors (Lipinski definition) is 2. The van der Waals surface area contributed by atoms with Gasteiger partial charge in [0.1, 0.15) is 12.6 Å². The number of amides is 3. The van der Waals surface area contributed by atoms with E-state index in [1.807, 2.05) is 0 Å². The lowest BCUT2D eigenvalue weighted by atomic mass is 10.2. The molecule has 0 saturated carbocycles. The molecule has 3 rings (SSSR count). The van der Waals surface area contributed by atoms with Crippen molar-refractivity contribution >= 4 is 11.9 Å². The third kappa shape index (κ3) is 3.67. The molecule has 1 aliphatic heterocycles. The first-order valence-corrected chi connectivity index (χ1v) is 7.69. The van der Waals surface area contributed by atoms with Crippen molar-refractivity contribution < 1.29 is 14.1 Å². The van der Waals surface area contributed by atoms with Gasteiger partial charge in [0, 0.05) is 31.0 Å². The molecule has 1 atom stereocenters. The number of pyridine rings is 1. The van der Waals surface area contributed by atoms with Crippen molar-refractivity contribution in [2.24, 2.45) is 0 Å². The van der Waals surface area contributed by atoms with Gasteiger partial charge in [-0.3, -0.25) is 9.78 Å². The highest BCUT2D eigenvalue weighted by molar-refractivity contribution is 5.84. The van der Waals surface area contributed by atoms with E-state index in [0.29, 0.717) is 24.8 Å². The van der Waals surface area contributed by atoms with Crippen LogP contribution in [0.1, 0.15) is 25.3 Å². The van der Waals surface area contributed by atoms with Crippen LogP contribution in [0.4, 0.5) is 4.79 Å². The summed E-state index contributed by atoms with van der Waals surface area (Å²) in [7, 11) is 0. The van der Waals surface area contributed by atoms with Crippen molar-refractivity contribution in [3.63, 3.8) is 0 Å². The van der Waals surface area contributed by atoms with Gasteiger partial charge < -0.3 is 20.1 Å². The van der Waals surface area contributed by atoms with E-state index in [9.17, 15) is 9.59 Å². The summed E-state index contributed by atoms with van der Waals surface area (Å²) in [6.45, 7) is 2.89. The number of hydrogen-bond acceptors (Lipinski definition) is 6. The SMILES string of the molecule is CC(NC(=O)N1CCCNC(=O)C1)c1nc(-c2ccncc2)no1. The van der Waals surface area contributed by atoms with Crippen molar-refractivity contribution in [1.82, 2.24) is 30.7 Å². The number of nitrogens with zero attached hydrogens (tertiary/aromatic N) is 4. The molecule has 126 valence electrons. The highest BCUT2D eigenvalue weighted by Gasteiger charge is 2.23. The molecule has 1 aliphatic rings. The maximum absolute atomic E-state index is 12.3. The summed E-state index contributed by atoms with van der Waals surface area (Å²) in [4.78, 5) is 33.5. The van der Waals surface area contributed by atoms with Crippen LogP contribution in [0.2, 0.25) is 0 Å². The lowest BCUT2D eigenvalue weighted by molar-refractivity contribution is -0.121. The summed E-state index contributed by atoms with van der Waals surface area (Å²) in [5.41, 5.74) is 0.780. The number of urea groups is 1. The first kappa shape index (κ1) is 15.9. The molecule has 3 heterocycles. The number of carbonyl (C=O) groups excluding carboxylic acids is 2. The lowest BCUT2D eigenvalue weighted by Gasteiger charge is -2.21. The Balaban J connectivity index is 1.64. The summed E-state index contributed by atoms with van der Waals surface area (Å²) < 4.78 is 5.22. The Morgan fingerprint density at radius 2 is 2.21 bits per heavy atom. The highest BCUT2D eigenvalue weighted by Crippen LogP contribution is 2.17. The van der Waals surface area contributed by atoms with E-state index in [4.69, 9.17) is 4.52 Å². The van der Waals surface area contributed by atoms with Crippen LogP contribution in [-0.2, 0) is 4.79 Å². The first-order valence-electron chi connectivity index (χ1n) is 7.69. The lowest BCUT2D eigenvalue weighted by Crippen LogP contribution is -2.44. The van der Waals surface area contributed by atoms with Gasteiger partial charge in [-0.1, -0.05) is 5.16 Å². The Bertz CT molecular complexity index is 717. The molecule has 1 fully saturated rings. The van der Waals surface area contributed by atoms with Crippen molar-refractivity contribution in [1.29, 1.82) is 0 Å². The van der Waals surface area contributed by atoms with Gasteiger partial charge in [-0.25, -0.2) is 4.79 Å². The van der Waals surface area contributed by atoms with Gasteiger partial charge in [0.15, 0.2) is 0 Å². The van der Waals surface area contributed by atoms with Crippen molar-refractivity contribution in [3.05, 3.63) is 30.4 Å². The minimum atomic E-state index is -0.466. The quantitative estimate of drug-likeness (QED) is 0.857. The zero-order chi connectivity index (χ0) is 16.9. The summed E-state index contributed by atoms with van der Waals surface area (Å²) in [6.07, 6.45) is 4.00. The summed E-state index contributed by atoms with van der Waals surface area (Å²) >= 11 is 0. The molecule has 2 aromatic heterocycles. The van der Waals surface area contributed by atoms with Gasteiger partial charge in [0.05, 0.1) is 0 Å². The third-order valence-corrected chi connectivity index (χ3v) is 3.64. The molecular weight excluding hydrogens is 312 g/mol. The second-order valence-corrected chi connectivity index (χ2v) is 5.49. The predicted octanol–water partition coefficient (Wildman–Crippen LogP) is 0.724. The van der Waals surface area contributed by atoms with Gasteiger partial charge >= 0.3 is 6.03 Å². The van der Waals surface area contributed by atoms with Crippen molar-refractivity contribution in [3.8, 4) is 11.4 Å². The Morgan fingerprint density at radius 1 is 1.42 bits per heavy atom. The highest BCUT2D eigenvalue weighted by atomic mass is 16.5. The Kier molecular flexibility index (Phi) is 4.69. The summed E-state index contributed by atoms with van der Waals surface area (Å²) in [5.74, 6) is 0.574. The zero-order valence-electron chi connectivity index (χ0n) is 13.2. The number of carbonyl (C=O) groups is 2. The monoisotopic (exact) mass is 330 g/mol. The van der Waals surface area contributed by atoms with E-state index in [1.165, 1.54) is 4.90 Å². The molecule has 9 heteroatoms. The molecule has 24 heavy (non-hydrogen) atoms. The van der Waals surface area contributed by atoms with E-state index < -0.39 is 6.04 Å². The van der Waals surface area contributed by atoms with E-state index in [-0.39, 0.29) is 18.5 Å². The number of nitrogens with one attached hydrogen (secondary N) is 2. The maximum Gasteiger partial charge on any atom is 0.318 e. The van der Waals surface area contributed by atoms with Gasteiger partial charge in [-0.15, -0.1) is 0 Å². The maximum atomic E-state index is 12.3. The fourth-order valence-corrected chi connectivity index (χ4v) is 2.35. The molecule has 2 aromatic rings. The van der Waals surface area contributed by atoms with E-state index in [1.54, 1.807) is 31.5 Å². The Morgan fingerprint density at radius 3 is 3.00 bits per heavy atom. The average molecular weight is 330 g/mol. The number of rotatable bonds is 3. The van der Waals surface area contributed by atoms with E-state index in [2.05, 4.69) is 25.8 Å². The third-order valence-electron chi connectivity index (χ3n) is 3.64. The second kappa shape index (κ2) is 7.07. The predicted molar refractivity (Wildman–Crippen MR) is 83.7 cm³/mol. The first-order chi connectivity index (χ1) is 11.6. The molecule has 3 amide bonds. The zero-order valence-corrected chi connectivity index (χ0v) is 13.2. The largest absolute Gasteiger partial charge is 0.354 e. The fourth-order valence-electron chi connectivity index (χ4n) is 2.35. The smallest absolute Gasteiger partial charge is 0.318 e. The van der Waals surface area contributed by atoms with Gasteiger partial charge in [-0.05, 0) is 25.5 Å². The number of aromatic nitrogens is 3. The molecule has 0 radical (unpaired) electrons. The fraction of sp³-hybridized carbons (Fsp3) is 0.400. The van der Waals surface area contributed by atoms with Crippen LogP contribution in [0.3, 0.4) is 0 Å². The molecule has 1 unspecified atom stereocenters. The second-order valence-electron chi connectivity index (χ2n) is 5.49. The Hall–Kier alpha value is -2.97. The molecular formula is C15H18N6O3. The molecule has 0 aromatic carbocycles.